The number of aromatic nitrogens is 4. The third-order valence-corrected chi connectivity index (χ3v) is 3.94. The molecule has 0 aliphatic heterocycles. The quantitative estimate of drug-likeness (QED) is 0.776. The standard InChI is InChI=1S/C17H15N5O/c23-17(14-5-1-3-12(9-14)11-7-8-11)18-15-6-2-4-13(10-15)16-19-21-22-20-16/h1-6,9-11H,7-8H2,(H,18,23)(H,19,20,21,22). The van der Waals surface area contributed by atoms with Crippen LogP contribution in [0.3, 0.4) is 0 Å². The number of H-pyrrole nitrogens is 1. The molecule has 0 radical (unpaired) electrons. The minimum absolute atomic E-state index is 0.111. The summed E-state index contributed by atoms with van der Waals surface area (Å²) in [4.78, 5) is 12.4. The molecule has 4 rings (SSSR count). The molecule has 1 saturated carbocycles. The van der Waals surface area contributed by atoms with E-state index in [0.717, 1.165) is 5.56 Å². The lowest BCUT2D eigenvalue weighted by Gasteiger charge is -2.07. The van der Waals surface area contributed by atoms with Crippen molar-refractivity contribution in [3.63, 3.8) is 0 Å². The fourth-order valence-electron chi connectivity index (χ4n) is 2.58. The van der Waals surface area contributed by atoms with Crippen LogP contribution in [0.15, 0.2) is 48.5 Å². The highest BCUT2D eigenvalue weighted by Crippen LogP contribution is 2.40. The van der Waals surface area contributed by atoms with Gasteiger partial charge in [-0.15, -0.1) is 5.10 Å². The number of aromatic amines is 1. The van der Waals surface area contributed by atoms with Gasteiger partial charge in [0.15, 0.2) is 5.82 Å². The molecule has 1 aliphatic rings. The van der Waals surface area contributed by atoms with E-state index in [4.69, 9.17) is 0 Å². The number of nitrogens with one attached hydrogen (secondary N) is 2. The van der Waals surface area contributed by atoms with Crippen LogP contribution in [0.25, 0.3) is 11.4 Å². The van der Waals surface area contributed by atoms with Gasteiger partial charge < -0.3 is 5.32 Å². The average Bonchev–Trinajstić information content (AvgIpc) is 3.29. The lowest BCUT2D eigenvalue weighted by Crippen LogP contribution is -2.12. The molecule has 0 bridgehead atoms. The molecule has 1 aliphatic carbocycles. The van der Waals surface area contributed by atoms with Gasteiger partial charge >= 0.3 is 0 Å². The lowest BCUT2D eigenvalue weighted by atomic mass is 10.1. The van der Waals surface area contributed by atoms with Gasteiger partial charge in [0, 0.05) is 16.8 Å². The largest absolute Gasteiger partial charge is 0.322 e. The number of hydrogen-bond acceptors (Lipinski definition) is 4. The fourth-order valence-corrected chi connectivity index (χ4v) is 2.58. The van der Waals surface area contributed by atoms with Gasteiger partial charge in [0.05, 0.1) is 0 Å². The number of carbonyl (C=O) groups is 1. The Bertz CT molecular complexity index is 840. The lowest BCUT2D eigenvalue weighted by molar-refractivity contribution is 0.102. The SMILES string of the molecule is O=C(Nc1cccc(-c2nnn[nH]2)c1)c1cccc(C2CC2)c1. The van der Waals surface area contributed by atoms with Crippen LogP contribution in [-0.2, 0) is 0 Å². The number of benzene rings is 2. The first-order valence-corrected chi connectivity index (χ1v) is 7.55. The molecule has 6 heteroatoms. The molecule has 0 spiro atoms. The zero-order chi connectivity index (χ0) is 15.6. The summed E-state index contributed by atoms with van der Waals surface area (Å²) in [5, 5.41) is 16.6. The summed E-state index contributed by atoms with van der Waals surface area (Å²) < 4.78 is 0. The summed E-state index contributed by atoms with van der Waals surface area (Å²) in [5.74, 6) is 1.09. The number of rotatable bonds is 4. The summed E-state index contributed by atoms with van der Waals surface area (Å²) >= 11 is 0. The van der Waals surface area contributed by atoms with Gasteiger partial charge in [0.2, 0.25) is 0 Å². The van der Waals surface area contributed by atoms with Crippen LogP contribution < -0.4 is 5.32 Å². The van der Waals surface area contributed by atoms with Crippen molar-refractivity contribution >= 4 is 11.6 Å². The Kier molecular flexibility index (Phi) is 3.34. The Balaban J connectivity index is 1.54. The van der Waals surface area contributed by atoms with Gasteiger partial charge in [-0.2, -0.15) is 0 Å². The molecule has 6 nitrogen and oxygen atoms in total. The molecule has 2 aromatic carbocycles. The maximum Gasteiger partial charge on any atom is 0.255 e. The third kappa shape index (κ3) is 2.96. The smallest absolute Gasteiger partial charge is 0.255 e. The molecule has 2 N–H and O–H groups in total. The van der Waals surface area contributed by atoms with Gasteiger partial charge in [-0.25, -0.2) is 5.10 Å². The van der Waals surface area contributed by atoms with Gasteiger partial charge in [-0.05, 0) is 59.0 Å². The highest BCUT2D eigenvalue weighted by molar-refractivity contribution is 6.04. The normalized spacial score (nSPS) is 13.7. The van der Waals surface area contributed by atoms with Crippen LogP contribution >= 0.6 is 0 Å². The summed E-state index contributed by atoms with van der Waals surface area (Å²) in [5.41, 5.74) is 3.46. The molecule has 0 atom stereocenters. The van der Waals surface area contributed by atoms with Gasteiger partial charge in [0.1, 0.15) is 0 Å². The number of anilines is 1. The van der Waals surface area contributed by atoms with Crippen LogP contribution in [0.4, 0.5) is 5.69 Å². The number of amides is 1. The van der Waals surface area contributed by atoms with Crippen molar-refractivity contribution in [2.24, 2.45) is 0 Å². The highest BCUT2D eigenvalue weighted by atomic mass is 16.1. The Morgan fingerprint density at radius 3 is 2.78 bits per heavy atom. The second-order valence-electron chi connectivity index (χ2n) is 5.68. The minimum atomic E-state index is -0.111. The molecule has 0 unspecified atom stereocenters. The second kappa shape index (κ2) is 5.64. The van der Waals surface area contributed by atoms with E-state index >= 15 is 0 Å². The van der Waals surface area contributed by atoms with Crippen LogP contribution in [0, 0.1) is 0 Å². The fraction of sp³-hybridized carbons (Fsp3) is 0.176. The number of nitrogens with zero attached hydrogens (tertiary/aromatic N) is 3. The third-order valence-electron chi connectivity index (χ3n) is 3.94. The van der Waals surface area contributed by atoms with E-state index in [1.807, 2.05) is 42.5 Å². The van der Waals surface area contributed by atoms with Gasteiger partial charge in [-0.1, -0.05) is 24.3 Å². The molecule has 1 heterocycles. The number of tetrazole rings is 1. The summed E-state index contributed by atoms with van der Waals surface area (Å²) in [7, 11) is 0. The molecule has 1 aromatic heterocycles. The van der Waals surface area contributed by atoms with Crippen molar-refractivity contribution in [3.8, 4) is 11.4 Å². The molecule has 3 aromatic rings. The number of carbonyl (C=O) groups excluding carboxylic acids is 1. The van der Waals surface area contributed by atoms with Gasteiger partial charge in [-0.3, -0.25) is 4.79 Å². The topological polar surface area (TPSA) is 83.6 Å². The first-order chi connectivity index (χ1) is 11.3. The van der Waals surface area contributed by atoms with Crippen molar-refractivity contribution in [1.29, 1.82) is 0 Å². The maximum atomic E-state index is 12.4. The van der Waals surface area contributed by atoms with E-state index in [1.54, 1.807) is 0 Å². The summed E-state index contributed by atoms with van der Waals surface area (Å²) in [6.07, 6.45) is 2.44. The van der Waals surface area contributed by atoms with Crippen LogP contribution in [0.5, 0.6) is 0 Å². The number of hydrogen-bond donors (Lipinski definition) is 2. The van der Waals surface area contributed by atoms with E-state index in [-0.39, 0.29) is 5.91 Å². The first kappa shape index (κ1) is 13.6. The molecular formula is C17H15N5O. The molecule has 1 amide bonds. The van der Waals surface area contributed by atoms with E-state index in [9.17, 15) is 4.79 Å². The monoisotopic (exact) mass is 305 g/mol. The molecule has 23 heavy (non-hydrogen) atoms. The van der Waals surface area contributed by atoms with Crippen LogP contribution in [0.2, 0.25) is 0 Å². The Hall–Kier alpha value is -3.02. The van der Waals surface area contributed by atoms with E-state index in [1.165, 1.54) is 18.4 Å². The van der Waals surface area contributed by atoms with E-state index in [0.29, 0.717) is 23.0 Å². The summed E-state index contributed by atoms with van der Waals surface area (Å²) in [6, 6.07) is 15.3. The predicted molar refractivity (Wildman–Crippen MR) is 86.0 cm³/mol. The molecular weight excluding hydrogens is 290 g/mol. The van der Waals surface area contributed by atoms with Crippen molar-refractivity contribution in [1.82, 2.24) is 20.6 Å². The highest BCUT2D eigenvalue weighted by Gasteiger charge is 2.24. The first-order valence-electron chi connectivity index (χ1n) is 7.55. The molecule has 114 valence electrons. The van der Waals surface area contributed by atoms with E-state index in [2.05, 4.69) is 32.0 Å². The summed E-state index contributed by atoms with van der Waals surface area (Å²) in [6.45, 7) is 0. The van der Waals surface area contributed by atoms with Crippen molar-refractivity contribution in [3.05, 3.63) is 59.7 Å². The Morgan fingerprint density at radius 2 is 2.00 bits per heavy atom. The molecule has 1 fully saturated rings. The van der Waals surface area contributed by atoms with Gasteiger partial charge in [0.25, 0.3) is 5.91 Å². The maximum absolute atomic E-state index is 12.4. The van der Waals surface area contributed by atoms with Crippen LogP contribution in [-0.4, -0.2) is 26.5 Å². The van der Waals surface area contributed by atoms with E-state index < -0.39 is 0 Å². The zero-order valence-electron chi connectivity index (χ0n) is 12.4. The van der Waals surface area contributed by atoms with Crippen LogP contribution in [0.1, 0.15) is 34.7 Å². The molecule has 0 saturated heterocycles. The Labute approximate surface area is 132 Å². The van der Waals surface area contributed by atoms with Crippen molar-refractivity contribution < 1.29 is 4.79 Å². The Morgan fingerprint density at radius 1 is 1.13 bits per heavy atom. The minimum Gasteiger partial charge on any atom is -0.322 e. The average molecular weight is 305 g/mol. The zero-order valence-corrected chi connectivity index (χ0v) is 12.4. The van der Waals surface area contributed by atoms with Crippen molar-refractivity contribution in [2.45, 2.75) is 18.8 Å². The second-order valence-corrected chi connectivity index (χ2v) is 5.68. The van der Waals surface area contributed by atoms with Crippen molar-refractivity contribution in [2.75, 3.05) is 5.32 Å². The predicted octanol–water partition coefficient (Wildman–Crippen LogP) is 3.00.